The van der Waals surface area contributed by atoms with Crippen LogP contribution in [-0.2, 0) is 64.9 Å². The average molecular weight is 822 g/mol. The fourth-order valence-corrected chi connectivity index (χ4v) is 7.23. The van der Waals surface area contributed by atoms with E-state index >= 15 is 0 Å². The number of hydrogen-bond acceptors (Lipinski definition) is 14. The van der Waals surface area contributed by atoms with Crippen LogP contribution in [0.15, 0.2) is 76.5 Å². The molecule has 2 atom stereocenters. The van der Waals surface area contributed by atoms with Gasteiger partial charge in [-0.25, -0.2) is 22.0 Å². The molecule has 0 fully saturated rings. The molecule has 2 aromatic carbocycles. The van der Waals surface area contributed by atoms with Crippen molar-refractivity contribution in [2.24, 2.45) is 5.14 Å². The molecule has 0 saturated carbocycles. The van der Waals surface area contributed by atoms with E-state index in [9.17, 15) is 36.6 Å². The molecule has 2 heterocycles. The summed E-state index contributed by atoms with van der Waals surface area (Å²) >= 11 is 10.8. The molecule has 54 heavy (non-hydrogen) atoms. The van der Waals surface area contributed by atoms with E-state index in [-0.39, 0.29) is 59.0 Å². The van der Waals surface area contributed by atoms with Gasteiger partial charge in [0.05, 0.1) is 21.2 Å². The standard InChI is InChI=1S/C35H43N5O10S4/c1-38-14-16-39(30(34(41)42)22-49-32(51)18-24-6-10-28(11-7-24)53(2,45)46)20-26-4-3-5-27(37-26)21-40(17-15-38)31(35(43)44)23-50-33(52)19-25-8-12-29(13-9-25)54(36,47)48/h3-13,30-31H,14-23H2,1-2H3,(H,41,42)(H,43,44)(H2,36,47,48). The van der Waals surface area contributed by atoms with Crippen LogP contribution in [0.3, 0.4) is 0 Å². The molecule has 2 bridgehead atoms. The number of aromatic nitrogens is 1. The maximum atomic E-state index is 12.6. The summed E-state index contributed by atoms with van der Waals surface area (Å²) < 4.78 is 58.2. The molecule has 4 rings (SSSR count). The molecule has 3 aromatic rings. The number of hydrogen-bond donors (Lipinski definition) is 3. The Labute approximate surface area is 325 Å². The zero-order valence-corrected chi connectivity index (χ0v) is 33.0. The van der Waals surface area contributed by atoms with Crippen LogP contribution in [0.25, 0.3) is 0 Å². The van der Waals surface area contributed by atoms with Gasteiger partial charge in [0.25, 0.3) is 0 Å². The number of carbonyl (C=O) groups is 2. The van der Waals surface area contributed by atoms with Crippen molar-refractivity contribution in [3.8, 4) is 0 Å². The van der Waals surface area contributed by atoms with Crippen LogP contribution in [0.2, 0.25) is 0 Å². The van der Waals surface area contributed by atoms with E-state index in [0.717, 1.165) is 11.8 Å². The van der Waals surface area contributed by atoms with Crippen molar-refractivity contribution in [2.75, 3.05) is 52.7 Å². The Morgan fingerprint density at radius 1 is 0.741 bits per heavy atom. The van der Waals surface area contributed by atoms with Gasteiger partial charge in [0.15, 0.2) is 19.9 Å². The van der Waals surface area contributed by atoms with Gasteiger partial charge < -0.3 is 24.6 Å². The van der Waals surface area contributed by atoms with Gasteiger partial charge in [-0.05, 0) is 79.0 Å². The molecule has 0 saturated heterocycles. The number of nitrogens with zero attached hydrogens (tertiary/aromatic N) is 4. The van der Waals surface area contributed by atoms with Gasteiger partial charge in [-0.3, -0.25) is 24.4 Å². The van der Waals surface area contributed by atoms with E-state index in [4.69, 9.17) is 44.0 Å². The molecule has 0 radical (unpaired) electrons. The molecular formula is C35H43N5O10S4. The molecule has 0 amide bonds. The van der Waals surface area contributed by atoms with Crippen molar-refractivity contribution in [3.05, 3.63) is 89.2 Å². The third kappa shape index (κ3) is 13.1. The van der Waals surface area contributed by atoms with Crippen LogP contribution in [0.5, 0.6) is 0 Å². The van der Waals surface area contributed by atoms with Crippen molar-refractivity contribution in [2.45, 2.75) is 47.8 Å². The number of nitrogens with two attached hydrogens (primary N) is 1. The Morgan fingerprint density at radius 2 is 1.15 bits per heavy atom. The molecule has 1 aliphatic heterocycles. The summed E-state index contributed by atoms with van der Waals surface area (Å²) in [5, 5.41) is 26.0. The Hall–Kier alpha value is -3.95. The molecule has 1 aliphatic rings. The maximum Gasteiger partial charge on any atom is 0.324 e. The smallest absolute Gasteiger partial charge is 0.324 e. The molecule has 4 N–H and O–H groups in total. The quantitative estimate of drug-likeness (QED) is 0.198. The largest absolute Gasteiger partial charge is 0.484 e. The first-order chi connectivity index (χ1) is 25.4. The van der Waals surface area contributed by atoms with Gasteiger partial charge >= 0.3 is 11.9 Å². The summed E-state index contributed by atoms with van der Waals surface area (Å²) in [5.74, 6) is -2.21. The van der Waals surface area contributed by atoms with Crippen molar-refractivity contribution in [3.63, 3.8) is 0 Å². The minimum absolute atomic E-state index is 0.0416. The highest BCUT2D eigenvalue weighted by Crippen LogP contribution is 2.17. The number of likely N-dealkylation sites (N-methyl/N-ethyl adjacent to an activating group) is 1. The van der Waals surface area contributed by atoms with Crippen molar-refractivity contribution in [1.82, 2.24) is 19.7 Å². The number of ether oxygens (including phenoxy) is 2. The lowest BCUT2D eigenvalue weighted by atomic mass is 10.1. The van der Waals surface area contributed by atoms with Gasteiger partial charge in [0, 0.05) is 58.4 Å². The molecular weight excluding hydrogens is 779 g/mol. The lowest BCUT2D eigenvalue weighted by molar-refractivity contribution is -0.145. The second kappa shape index (κ2) is 19.1. The number of thiocarbonyl (C=S) groups is 2. The number of carboxylic acids is 2. The Kier molecular flexibility index (Phi) is 15.1. The number of sulfone groups is 1. The normalized spacial score (nSPS) is 16.3. The topological polar surface area (TPSA) is 210 Å². The predicted octanol–water partition coefficient (Wildman–Crippen LogP) is 1.76. The van der Waals surface area contributed by atoms with Gasteiger partial charge in [-0.1, -0.05) is 30.3 Å². The van der Waals surface area contributed by atoms with Crippen LogP contribution >= 0.6 is 24.4 Å². The van der Waals surface area contributed by atoms with E-state index in [0.29, 0.717) is 43.1 Å². The number of sulfonamides is 1. The first-order valence-corrected chi connectivity index (χ1v) is 20.9. The Balaban J connectivity index is 1.43. The van der Waals surface area contributed by atoms with Gasteiger partial charge in [0.1, 0.15) is 25.3 Å². The number of pyridine rings is 1. The molecule has 2 unspecified atom stereocenters. The third-order valence-corrected chi connectivity index (χ3v) is 11.3. The Bertz CT molecular complexity index is 1890. The first kappa shape index (κ1) is 42.8. The van der Waals surface area contributed by atoms with Crippen LogP contribution < -0.4 is 5.14 Å². The van der Waals surface area contributed by atoms with E-state index in [1.54, 1.807) is 52.3 Å². The van der Waals surface area contributed by atoms with Gasteiger partial charge in [0.2, 0.25) is 10.0 Å². The highest BCUT2D eigenvalue weighted by Gasteiger charge is 2.30. The van der Waals surface area contributed by atoms with Gasteiger partial charge in [-0.2, -0.15) is 0 Å². The third-order valence-electron chi connectivity index (χ3n) is 8.69. The zero-order chi connectivity index (χ0) is 39.6. The molecule has 15 nitrogen and oxygen atoms in total. The average Bonchev–Trinajstić information content (AvgIpc) is 3.08. The monoisotopic (exact) mass is 821 g/mol. The minimum atomic E-state index is -3.85. The molecule has 292 valence electrons. The molecule has 1 aromatic heterocycles. The summed E-state index contributed by atoms with van der Waals surface area (Å²) in [6, 6.07) is 15.2. The fourth-order valence-electron chi connectivity index (χ4n) is 5.62. The number of fused-ring (bicyclic) bond motifs is 2. The van der Waals surface area contributed by atoms with Crippen LogP contribution in [0, 0.1) is 0 Å². The number of carboxylic acid groups (broad SMARTS) is 2. The van der Waals surface area contributed by atoms with Crippen molar-refractivity contribution in [1.29, 1.82) is 0 Å². The second-order valence-corrected chi connectivity index (χ2v) is 17.4. The maximum absolute atomic E-state index is 12.6. The lowest BCUT2D eigenvalue weighted by Crippen LogP contribution is -2.50. The van der Waals surface area contributed by atoms with Crippen LogP contribution in [-0.4, -0.2) is 134 Å². The number of primary sulfonamides is 1. The van der Waals surface area contributed by atoms with Crippen molar-refractivity contribution >= 4 is 66.3 Å². The van der Waals surface area contributed by atoms with E-state index in [1.807, 2.05) is 11.9 Å². The van der Waals surface area contributed by atoms with Crippen LogP contribution in [0.1, 0.15) is 22.5 Å². The minimum Gasteiger partial charge on any atom is -0.484 e. The predicted molar refractivity (Wildman–Crippen MR) is 207 cm³/mol. The van der Waals surface area contributed by atoms with Gasteiger partial charge in [-0.15, -0.1) is 0 Å². The highest BCUT2D eigenvalue weighted by molar-refractivity contribution is 7.90. The van der Waals surface area contributed by atoms with E-state index < -0.39 is 43.9 Å². The summed E-state index contributed by atoms with van der Waals surface area (Å²) in [4.78, 5) is 35.5. The number of aliphatic carboxylic acids is 2. The summed E-state index contributed by atoms with van der Waals surface area (Å²) in [7, 11) is -5.34. The molecule has 0 aliphatic carbocycles. The summed E-state index contributed by atoms with van der Waals surface area (Å²) in [5.41, 5.74) is 2.54. The summed E-state index contributed by atoms with van der Waals surface area (Å²) in [6.45, 7) is 1.38. The van der Waals surface area contributed by atoms with Crippen LogP contribution in [0.4, 0.5) is 0 Å². The Morgan fingerprint density at radius 3 is 1.52 bits per heavy atom. The SMILES string of the molecule is CN1CCN(C(COC(=S)Cc2ccc(S(C)(=O)=O)cc2)C(=O)O)Cc2cccc(n2)CN(C(COC(=S)Cc2ccc(S(N)(=O)=O)cc2)C(=O)O)CC1. The summed E-state index contributed by atoms with van der Waals surface area (Å²) in [6.07, 6.45) is 1.47. The number of benzene rings is 2. The highest BCUT2D eigenvalue weighted by atomic mass is 32.2. The van der Waals surface area contributed by atoms with E-state index in [2.05, 4.69) is 0 Å². The molecule has 0 spiro atoms. The van der Waals surface area contributed by atoms with E-state index in [1.165, 1.54) is 24.3 Å². The first-order valence-electron chi connectivity index (χ1n) is 16.7. The van der Waals surface area contributed by atoms with Crippen molar-refractivity contribution < 1.29 is 46.1 Å². The zero-order valence-electron chi connectivity index (χ0n) is 29.7. The molecule has 19 heteroatoms. The fraction of sp³-hybridized carbons (Fsp3) is 0.400. The second-order valence-electron chi connectivity index (χ2n) is 12.9. The lowest BCUT2D eigenvalue weighted by Gasteiger charge is -2.33. The number of rotatable bonds is 14.